The molecule has 0 heterocycles. The van der Waals surface area contributed by atoms with Gasteiger partial charge in [-0.25, -0.2) is 0 Å². The predicted octanol–water partition coefficient (Wildman–Crippen LogP) is 7.60. The van der Waals surface area contributed by atoms with E-state index >= 15 is 0 Å². The Balaban J connectivity index is 1.72. The summed E-state index contributed by atoms with van der Waals surface area (Å²) in [6.07, 6.45) is 8.73. The van der Waals surface area contributed by atoms with Crippen LogP contribution < -0.4 is 9.47 Å². The van der Waals surface area contributed by atoms with Crippen LogP contribution in [0.25, 0.3) is 0 Å². The number of carbonyl (C=O) groups excluding carboxylic acids is 3. The van der Waals surface area contributed by atoms with Crippen molar-refractivity contribution in [2.24, 2.45) is 27.6 Å². The van der Waals surface area contributed by atoms with Crippen molar-refractivity contribution in [1.29, 1.82) is 0 Å². The molecule has 0 spiro atoms. The number of aliphatic carboxylic acids is 1. The van der Waals surface area contributed by atoms with E-state index in [0.29, 0.717) is 24.8 Å². The van der Waals surface area contributed by atoms with Crippen LogP contribution >= 0.6 is 0 Å². The molecule has 234 valence electrons. The van der Waals surface area contributed by atoms with Crippen molar-refractivity contribution in [3.05, 3.63) is 34.4 Å². The number of Topliss-reactive ketones (excluding diaryl/α,β-unsaturated/α-hetero) is 1. The molecule has 7 atom stereocenters. The molecule has 1 aromatic carbocycles. The Kier molecular flexibility index (Phi) is 7.34. The Bertz CT molecular complexity index is 1460. The van der Waals surface area contributed by atoms with Gasteiger partial charge < -0.3 is 14.6 Å². The summed E-state index contributed by atoms with van der Waals surface area (Å²) < 4.78 is 11.3. The second-order valence-electron chi connectivity index (χ2n) is 15.4. The highest BCUT2D eigenvalue weighted by Crippen LogP contribution is 2.75. The number of hydrogen-bond donors (Lipinski definition) is 1. The van der Waals surface area contributed by atoms with E-state index in [4.69, 9.17) is 9.47 Å². The van der Waals surface area contributed by atoms with Crippen molar-refractivity contribution >= 4 is 23.7 Å². The molecule has 7 nitrogen and oxygen atoms in total. The summed E-state index contributed by atoms with van der Waals surface area (Å²) in [5.74, 6) is -1.17. The normalized spacial score (nSPS) is 37.9. The van der Waals surface area contributed by atoms with E-state index in [9.17, 15) is 24.3 Å². The zero-order valence-electron chi connectivity index (χ0n) is 27.4. The maximum absolute atomic E-state index is 12.7. The maximum Gasteiger partial charge on any atom is 0.309 e. The van der Waals surface area contributed by atoms with Crippen molar-refractivity contribution in [2.75, 3.05) is 0 Å². The molecular formula is C36H48O7. The number of benzene rings is 1. The highest BCUT2D eigenvalue weighted by Gasteiger charge is 2.67. The van der Waals surface area contributed by atoms with Gasteiger partial charge >= 0.3 is 17.9 Å². The van der Waals surface area contributed by atoms with E-state index < -0.39 is 28.7 Å². The Hall–Kier alpha value is -2.96. The first-order chi connectivity index (χ1) is 19.8. The molecular weight excluding hydrogens is 544 g/mol. The summed E-state index contributed by atoms with van der Waals surface area (Å²) in [6, 6.07) is 1.88. The molecule has 0 bridgehead atoms. The summed E-state index contributed by atoms with van der Waals surface area (Å²) in [6.45, 7) is 17.5. The Labute approximate surface area is 255 Å². The minimum absolute atomic E-state index is 0.0679. The predicted molar refractivity (Wildman–Crippen MR) is 163 cm³/mol. The molecule has 3 saturated carbocycles. The molecule has 5 rings (SSSR count). The number of hydrogen-bond acceptors (Lipinski definition) is 6. The van der Waals surface area contributed by atoms with Gasteiger partial charge in [-0.15, -0.1) is 0 Å². The number of carboxylic acid groups (broad SMARTS) is 1. The number of esters is 2. The molecule has 43 heavy (non-hydrogen) atoms. The Morgan fingerprint density at radius 1 is 0.884 bits per heavy atom. The lowest BCUT2D eigenvalue weighted by Gasteiger charge is -2.70. The van der Waals surface area contributed by atoms with Crippen LogP contribution in [0.1, 0.15) is 129 Å². The topological polar surface area (TPSA) is 107 Å². The smallest absolute Gasteiger partial charge is 0.309 e. The first kappa shape index (κ1) is 31.5. The van der Waals surface area contributed by atoms with Gasteiger partial charge in [0.25, 0.3) is 0 Å². The van der Waals surface area contributed by atoms with Crippen molar-refractivity contribution in [3.63, 3.8) is 0 Å². The minimum atomic E-state index is -0.736. The largest absolute Gasteiger partial charge is 0.481 e. The third-order valence-corrected chi connectivity index (χ3v) is 12.7. The van der Waals surface area contributed by atoms with Crippen LogP contribution in [0.4, 0.5) is 0 Å². The Morgan fingerprint density at radius 3 is 2.09 bits per heavy atom. The van der Waals surface area contributed by atoms with E-state index in [1.54, 1.807) is 6.92 Å². The van der Waals surface area contributed by atoms with Gasteiger partial charge in [-0.1, -0.05) is 39.3 Å². The van der Waals surface area contributed by atoms with E-state index in [-0.39, 0.29) is 45.4 Å². The summed E-state index contributed by atoms with van der Waals surface area (Å²) in [4.78, 5) is 49.5. The number of carbonyl (C=O) groups is 4. The SMILES string of the molecule is CC(=O)CC1C=C2[C@@](C)(CC[C@@]3(C)[C@@H]4C[C@](C)(C(=O)O)CC[C@]4(C)CC[C@]23C)c2cc(OC(C)=O)c(OC(C)=O)c(C)c21. The van der Waals surface area contributed by atoms with E-state index in [2.05, 4.69) is 33.8 Å². The van der Waals surface area contributed by atoms with Crippen LogP contribution in [-0.4, -0.2) is 28.8 Å². The number of fused-ring (bicyclic) bond motifs is 7. The van der Waals surface area contributed by atoms with Crippen molar-refractivity contribution < 1.29 is 33.8 Å². The van der Waals surface area contributed by atoms with E-state index in [1.165, 1.54) is 19.4 Å². The fourth-order valence-corrected chi connectivity index (χ4v) is 10.00. The maximum atomic E-state index is 12.7. The highest BCUT2D eigenvalue weighted by molar-refractivity contribution is 5.79. The first-order valence-electron chi connectivity index (χ1n) is 15.8. The zero-order chi connectivity index (χ0) is 31.9. The summed E-state index contributed by atoms with van der Waals surface area (Å²) in [5, 5.41) is 10.3. The first-order valence-corrected chi connectivity index (χ1v) is 15.8. The van der Waals surface area contributed by atoms with Gasteiger partial charge in [-0.2, -0.15) is 0 Å². The van der Waals surface area contributed by atoms with Gasteiger partial charge in [0.1, 0.15) is 5.78 Å². The van der Waals surface area contributed by atoms with Crippen LogP contribution in [0.2, 0.25) is 0 Å². The second-order valence-corrected chi connectivity index (χ2v) is 15.4. The standard InChI is InChI=1S/C36H48O7/c1-20(37)16-24-17-27-34(7,25-18-26(42-22(3)38)30(43-23(4)39)21(2)29(24)25)13-15-36(9)28-19-33(6,31(40)41)11-10-32(28,5)12-14-35(27,36)8/h17-18,24,28H,10-16,19H2,1-9H3,(H,40,41)/t24?,28-,32-,33-,34+,35-,36+/m1/s1. The third kappa shape index (κ3) is 4.59. The van der Waals surface area contributed by atoms with Crippen molar-refractivity contribution in [2.45, 2.75) is 125 Å². The fourth-order valence-electron chi connectivity index (χ4n) is 10.00. The molecule has 1 N–H and O–H groups in total. The van der Waals surface area contributed by atoms with E-state index in [1.807, 2.05) is 19.9 Å². The van der Waals surface area contributed by atoms with Gasteiger partial charge in [0, 0.05) is 31.6 Å². The van der Waals surface area contributed by atoms with Gasteiger partial charge in [0.15, 0.2) is 11.5 Å². The molecule has 0 aliphatic heterocycles. The lowest BCUT2D eigenvalue weighted by Crippen LogP contribution is -2.62. The minimum Gasteiger partial charge on any atom is -0.481 e. The Morgan fingerprint density at radius 2 is 1.51 bits per heavy atom. The molecule has 0 amide bonds. The fraction of sp³-hybridized carbons (Fsp3) is 0.667. The second kappa shape index (κ2) is 10.0. The molecule has 0 aromatic heterocycles. The van der Waals surface area contributed by atoms with Gasteiger partial charge in [0.2, 0.25) is 0 Å². The average Bonchev–Trinajstić information content (AvgIpc) is 2.89. The summed E-state index contributed by atoms with van der Waals surface area (Å²) in [7, 11) is 0. The molecule has 4 aliphatic carbocycles. The lowest BCUT2D eigenvalue weighted by atomic mass is 9.34. The van der Waals surface area contributed by atoms with Gasteiger partial charge in [-0.3, -0.25) is 19.2 Å². The molecule has 1 unspecified atom stereocenters. The van der Waals surface area contributed by atoms with Crippen LogP contribution in [0.5, 0.6) is 11.5 Å². The number of allylic oxidation sites excluding steroid dienone is 2. The van der Waals surface area contributed by atoms with Crippen LogP contribution in [-0.2, 0) is 24.6 Å². The van der Waals surface area contributed by atoms with Gasteiger partial charge in [0.05, 0.1) is 5.41 Å². The molecule has 4 aliphatic rings. The molecule has 3 fully saturated rings. The van der Waals surface area contributed by atoms with Crippen LogP contribution in [0.3, 0.4) is 0 Å². The van der Waals surface area contributed by atoms with Crippen LogP contribution in [0.15, 0.2) is 17.7 Å². The highest BCUT2D eigenvalue weighted by atomic mass is 16.6. The van der Waals surface area contributed by atoms with Crippen LogP contribution in [0, 0.1) is 34.5 Å². The third-order valence-electron chi connectivity index (χ3n) is 12.7. The quantitative estimate of drug-likeness (QED) is 0.213. The summed E-state index contributed by atoms with van der Waals surface area (Å²) >= 11 is 0. The van der Waals surface area contributed by atoms with E-state index in [0.717, 1.165) is 43.2 Å². The number of ether oxygens (including phenoxy) is 2. The number of ketones is 1. The number of carboxylic acids is 1. The summed E-state index contributed by atoms with van der Waals surface area (Å²) in [5.41, 5.74) is 2.61. The average molecular weight is 593 g/mol. The van der Waals surface area contributed by atoms with Gasteiger partial charge in [-0.05, 0) is 111 Å². The van der Waals surface area contributed by atoms with Crippen molar-refractivity contribution in [1.82, 2.24) is 0 Å². The number of rotatable bonds is 5. The zero-order valence-corrected chi connectivity index (χ0v) is 27.4. The molecule has 0 saturated heterocycles. The monoisotopic (exact) mass is 592 g/mol. The lowest BCUT2D eigenvalue weighted by molar-refractivity contribution is -0.177. The molecule has 7 heteroatoms. The molecule has 0 radical (unpaired) electrons. The van der Waals surface area contributed by atoms with Crippen molar-refractivity contribution in [3.8, 4) is 11.5 Å². The molecule has 1 aromatic rings.